The van der Waals surface area contributed by atoms with E-state index in [4.69, 9.17) is 5.11 Å². The molecule has 3 aromatic rings. The van der Waals surface area contributed by atoms with Crippen LogP contribution >= 0.6 is 0 Å². The number of benzene rings is 1. The fraction of sp³-hybridized carbons (Fsp3) is 0.211. The first-order valence-electron chi connectivity index (χ1n) is 8.49. The lowest BCUT2D eigenvalue weighted by atomic mass is 10.1. The third kappa shape index (κ3) is 4.22. The van der Waals surface area contributed by atoms with Gasteiger partial charge in [-0.15, -0.1) is 0 Å². The zero-order valence-corrected chi connectivity index (χ0v) is 16.1. The van der Waals surface area contributed by atoms with E-state index in [-0.39, 0.29) is 17.2 Å². The third-order valence-electron chi connectivity index (χ3n) is 4.01. The maximum atomic E-state index is 14.7. The highest BCUT2D eigenvalue weighted by Crippen LogP contribution is 2.29. The van der Waals surface area contributed by atoms with E-state index < -0.39 is 21.9 Å². The Hall–Kier alpha value is -2.75. The molecule has 1 atom stereocenters. The predicted molar refractivity (Wildman–Crippen MR) is 102 cm³/mol. The molecule has 0 saturated heterocycles. The van der Waals surface area contributed by atoms with Crippen LogP contribution in [0.3, 0.4) is 0 Å². The van der Waals surface area contributed by atoms with Crippen LogP contribution in [0.1, 0.15) is 12.7 Å². The van der Waals surface area contributed by atoms with Crippen molar-refractivity contribution < 1.29 is 17.9 Å². The van der Waals surface area contributed by atoms with Crippen LogP contribution in [0.15, 0.2) is 53.8 Å². The van der Waals surface area contributed by atoms with Crippen LogP contribution in [0.2, 0.25) is 0 Å². The summed E-state index contributed by atoms with van der Waals surface area (Å²) >= 11 is 0. The molecule has 0 aliphatic heterocycles. The van der Waals surface area contributed by atoms with Crippen molar-refractivity contribution in [1.82, 2.24) is 19.7 Å². The van der Waals surface area contributed by atoms with Crippen molar-refractivity contribution in [2.45, 2.75) is 24.8 Å². The quantitative estimate of drug-likeness (QED) is 0.656. The van der Waals surface area contributed by atoms with Gasteiger partial charge in [-0.25, -0.2) is 27.5 Å². The number of aryl methyl sites for hydroxylation is 1. The van der Waals surface area contributed by atoms with Gasteiger partial charge in [0.15, 0.2) is 0 Å². The topological polar surface area (TPSA) is 105 Å². The molecule has 0 unspecified atom stereocenters. The van der Waals surface area contributed by atoms with Gasteiger partial charge in [-0.3, -0.25) is 4.98 Å². The largest absolute Gasteiger partial charge is 0.395 e. The molecule has 2 N–H and O–H groups in total. The number of hydrogen-bond acceptors (Lipinski definition) is 6. The van der Waals surface area contributed by atoms with E-state index in [1.165, 1.54) is 30.7 Å². The van der Waals surface area contributed by atoms with Crippen molar-refractivity contribution in [3.8, 4) is 22.4 Å². The number of aliphatic hydroxyl groups is 1. The lowest BCUT2D eigenvalue weighted by molar-refractivity contribution is 0.265. The predicted octanol–water partition coefficient (Wildman–Crippen LogP) is 2.31. The van der Waals surface area contributed by atoms with Gasteiger partial charge in [-0.2, -0.15) is 0 Å². The number of sulfonamides is 1. The van der Waals surface area contributed by atoms with Crippen LogP contribution in [-0.2, 0) is 10.0 Å². The summed E-state index contributed by atoms with van der Waals surface area (Å²) in [5.74, 6) is -0.0571. The minimum Gasteiger partial charge on any atom is -0.395 e. The molecule has 0 fully saturated rings. The van der Waals surface area contributed by atoms with Crippen molar-refractivity contribution in [3.63, 3.8) is 0 Å². The van der Waals surface area contributed by atoms with E-state index in [2.05, 4.69) is 19.7 Å². The molecule has 1 aromatic carbocycles. The normalized spacial score (nSPS) is 12.7. The van der Waals surface area contributed by atoms with Crippen molar-refractivity contribution in [1.29, 1.82) is 0 Å². The lowest BCUT2D eigenvalue weighted by Gasteiger charge is -2.15. The van der Waals surface area contributed by atoms with Crippen LogP contribution in [0.25, 0.3) is 22.4 Å². The smallest absolute Gasteiger partial charge is 0.241 e. The molecule has 2 aromatic heterocycles. The molecular formula is C19H19FN4O3S. The molecule has 0 radical (unpaired) electrons. The molecule has 2 heterocycles. The molecule has 0 aliphatic rings. The van der Waals surface area contributed by atoms with E-state index in [0.29, 0.717) is 22.5 Å². The van der Waals surface area contributed by atoms with Gasteiger partial charge in [0.05, 0.1) is 11.5 Å². The number of aromatic nitrogens is 3. The SMILES string of the molecule is Cc1ncc(-c2ncc(-c3ccccc3S(=O)(=O)N[C@H](C)CO)cc2F)cn1. The Bertz CT molecular complexity index is 1090. The third-order valence-corrected chi connectivity index (χ3v) is 5.66. The molecule has 0 saturated carbocycles. The van der Waals surface area contributed by atoms with Gasteiger partial charge in [-0.05, 0) is 26.0 Å². The van der Waals surface area contributed by atoms with E-state index in [0.717, 1.165) is 0 Å². The lowest BCUT2D eigenvalue weighted by Crippen LogP contribution is -2.35. The van der Waals surface area contributed by atoms with Gasteiger partial charge < -0.3 is 5.11 Å². The maximum absolute atomic E-state index is 14.7. The first-order valence-corrected chi connectivity index (χ1v) is 9.97. The summed E-state index contributed by atoms with van der Waals surface area (Å²) in [5.41, 5.74) is 1.12. The zero-order valence-electron chi connectivity index (χ0n) is 15.3. The molecule has 0 spiro atoms. The van der Waals surface area contributed by atoms with Crippen molar-refractivity contribution in [2.24, 2.45) is 0 Å². The Morgan fingerprint density at radius 3 is 2.39 bits per heavy atom. The molecule has 28 heavy (non-hydrogen) atoms. The minimum atomic E-state index is -3.91. The summed E-state index contributed by atoms with van der Waals surface area (Å²) in [6, 6.07) is 6.79. The molecule has 0 aliphatic carbocycles. The summed E-state index contributed by atoms with van der Waals surface area (Å²) in [4.78, 5) is 12.2. The van der Waals surface area contributed by atoms with E-state index in [1.54, 1.807) is 32.0 Å². The van der Waals surface area contributed by atoms with Crippen LogP contribution in [0.4, 0.5) is 4.39 Å². The zero-order chi connectivity index (χ0) is 20.3. The number of nitrogens with one attached hydrogen (secondary N) is 1. The Kier molecular flexibility index (Phi) is 5.78. The standard InChI is InChI=1S/C19H19FN4O3S/c1-12(11-25)24-28(26,27)18-6-4-3-5-16(18)14-7-17(20)19(23-8-14)15-9-21-13(2)22-10-15/h3-10,12,24-25H,11H2,1-2H3/t12-/m1/s1. The summed E-state index contributed by atoms with van der Waals surface area (Å²) in [6.45, 7) is 2.92. The fourth-order valence-electron chi connectivity index (χ4n) is 2.62. The highest BCUT2D eigenvalue weighted by Gasteiger charge is 2.22. The molecule has 3 rings (SSSR count). The number of pyridine rings is 1. The second kappa shape index (κ2) is 8.09. The summed E-state index contributed by atoms with van der Waals surface area (Å²) in [6.07, 6.45) is 4.36. The Balaban J connectivity index is 2.03. The molecule has 9 heteroatoms. The number of halogens is 1. The first kappa shape index (κ1) is 20.0. The van der Waals surface area contributed by atoms with Gasteiger partial charge in [0.25, 0.3) is 0 Å². The first-order chi connectivity index (χ1) is 13.3. The summed E-state index contributed by atoms with van der Waals surface area (Å²) < 4.78 is 42.4. The maximum Gasteiger partial charge on any atom is 0.241 e. The average Bonchev–Trinajstić information content (AvgIpc) is 2.68. The van der Waals surface area contributed by atoms with Gasteiger partial charge in [-0.1, -0.05) is 18.2 Å². The van der Waals surface area contributed by atoms with Crippen LogP contribution in [0, 0.1) is 12.7 Å². The molecule has 0 bridgehead atoms. The number of rotatable bonds is 6. The molecule has 146 valence electrons. The van der Waals surface area contributed by atoms with Crippen molar-refractivity contribution in [2.75, 3.05) is 6.61 Å². The second-order valence-electron chi connectivity index (χ2n) is 6.27. The monoisotopic (exact) mass is 402 g/mol. The van der Waals surface area contributed by atoms with Gasteiger partial charge >= 0.3 is 0 Å². The molecule has 7 nitrogen and oxygen atoms in total. The van der Waals surface area contributed by atoms with Gasteiger partial charge in [0, 0.05) is 41.3 Å². The van der Waals surface area contributed by atoms with Crippen molar-refractivity contribution in [3.05, 3.63) is 60.6 Å². The van der Waals surface area contributed by atoms with Crippen molar-refractivity contribution >= 4 is 10.0 Å². The highest BCUT2D eigenvalue weighted by atomic mass is 32.2. The van der Waals surface area contributed by atoms with E-state index >= 15 is 0 Å². The Morgan fingerprint density at radius 2 is 1.75 bits per heavy atom. The van der Waals surface area contributed by atoms with Gasteiger partial charge in [0.1, 0.15) is 17.3 Å². The van der Waals surface area contributed by atoms with E-state index in [9.17, 15) is 12.8 Å². The second-order valence-corrected chi connectivity index (χ2v) is 7.96. The Morgan fingerprint density at radius 1 is 1.11 bits per heavy atom. The minimum absolute atomic E-state index is 0.0251. The summed E-state index contributed by atoms with van der Waals surface area (Å²) in [5, 5.41) is 9.13. The van der Waals surface area contributed by atoms with E-state index in [1.807, 2.05) is 0 Å². The highest BCUT2D eigenvalue weighted by molar-refractivity contribution is 7.89. The number of aliphatic hydroxyl groups excluding tert-OH is 1. The molecule has 0 amide bonds. The number of nitrogens with zero attached hydrogens (tertiary/aromatic N) is 3. The van der Waals surface area contributed by atoms with Crippen LogP contribution < -0.4 is 4.72 Å². The average molecular weight is 402 g/mol. The molecular weight excluding hydrogens is 383 g/mol. The summed E-state index contributed by atoms with van der Waals surface area (Å²) in [7, 11) is -3.91. The Labute approximate surface area is 162 Å². The van der Waals surface area contributed by atoms with Crippen LogP contribution in [0.5, 0.6) is 0 Å². The number of hydrogen-bond donors (Lipinski definition) is 2. The fourth-order valence-corrected chi connectivity index (χ4v) is 4.08. The van der Waals surface area contributed by atoms with Crippen LogP contribution in [-0.4, -0.2) is 41.1 Å². The van der Waals surface area contributed by atoms with Gasteiger partial charge in [0.2, 0.25) is 10.0 Å².